The molecule has 108 valence electrons. The highest BCUT2D eigenvalue weighted by Gasteiger charge is 2.28. The van der Waals surface area contributed by atoms with Crippen LogP contribution in [0.25, 0.3) is 0 Å². The van der Waals surface area contributed by atoms with Crippen LogP contribution in [-0.4, -0.2) is 18.4 Å². The largest absolute Gasteiger partial charge is 0.508 e. The fourth-order valence-corrected chi connectivity index (χ4v) is 1.79. The monoisotopic (exact) mass is 258 g/mol. The van der Waals surface area contributed by atoms with Gasteiger partial charge in [-0.25, -0.2) is 4.79 Å². The Morgan fingerprint density at radius 3 is 2.00 bits per heavy atom. The molecule has 0 aromatic carbocycles. The fraction of sp³-hybridized carbons (Fsp3) is 0.933. The van der Waals surface area contributed by atoms with Crippen LogP contribution in [0.4, 0.5) is 4.79 Å². The van der Waals surface area contributed by atoms with Gasteiger partial charge in [0.25, 0.3) is 0 Å². The van der Waals surface area contributed by atoms with E-state index in [4.69, 9.17) is 9.47 Å². The molecule has 0 bridgehead atoms. The second-order valence-corrected chi connectivity index (χ2v) is 5.71. The maximum Gasteiger partial charge on any atom is 0.508 e. The van der Waals surface area contributed by atoms with Crippen LogP contribution in [0.5, 0.6) is 0 Å². The molecule has 0 aliphatic heterocycles. The Hall–Kier alpha value is -0.730. The molecule has 0 amide bonds. The normalized spacial score (nSPS) is 11.7. The maximum atomic E-state index is 11.6. The van der Waals surface area contributed by atoms with Crippen LogP contribution < -0.4 is 0 Å². The second kappa shape index (κ2) is 9.23. The van der Waals surface area contributed by atoms with Gasteiger partial charge in [-0.3, -0.25) is 0 Å². The molecule has 0 saturated heterocycles. The molecule has 0 radical (unpaired) electrons. The Balaban J connectivity index is 4.24. The average molecular weight is 258 g/mol. The summed E-state index contributed by atoms with van der Waals surface area (Å²) < 4.78 is 10.6. The molecule has 0 aromatic rings. The second-order valence-electron chi connectivity index (χ2n) is 5.71. The first-order valence-electron chi connectivity index (χ1n) is 7.29. The lowest BCUT2D eigenvalue weighted by atomic mass is 9.93. The maximum absolute atomic E-state index is 11.6. The van der Waals surface area contributed by atoms with Crippen LogP contribution >= 0.6 is 0 Å². The zero-order valence-corrected chi connectivity index (χ0v) is 12.8. The van der Waals surface area contributed by atoms with Gasteiger partial charge in [0.2, 0.25) is 0 Å². The highest BCUT2D eigenvalue weighted by molar-refractivity contribution is 5.60. The summed E-state index contributed by atoms with van der Waals surface area (Å²) >= 11 is 0. The van der Waals surface area contributed by atoms with Gasteiger partial charge >= 0.3 is 6.16 Å². The molecule has 0 saturated carbocycles. The number of hydrogen-bond acceptors (Lipinski definition) is 3. The molecule has 0 unspecified atom stereocenters. The van der Waals surface area contributed by atoms with E-state index in [1.807, 2.05) is 20.8 Å². The molecule has 18 heavy (non-hydrogen) atoms. The topological polar surface area (TPSA) is 35.5 Å². The van der Waals surface area contributed by atoms with Crippen molar-refractivity contribution in [3.8, 4) is 0 Å². The van der Waals surface area contributed by atoms with Crippen molar-refractivity contribution in [1.29, 1.82) is 0 Å². The van der Waals surface area contributed by atoms with Gasteiger partial charge < -0.3 is 9.47 Å². The van der Waals surface area contributed by atoms with Gasteiger partial charge in [0, 0.05) is 0 Å². The summed E-state index contributed by atoms with van der Waals surface area (Å²) in [6, 6.07) is 0. The molecular weight excluding hydrogens is 228 g/mol. The van der Waals surface area contributed by atoms with E-state index in [2.05, 4.69) is 13.8 Å². The van der Waals surface area contributed by atoms with Crippen LogP contribution in [0.2, 0.25) is 0 Å². The Labute approximate surface area is 112 Å². The summed E-state index contributed by atoms with van der Waals surface area (Å²) in [6.45, 7) is 10.8. The van der Waals surface area contributed by atoms with Gasteiger partial charge in [0.1, 0.15) is 5.60 Å². The quantitative estimate of drug-likeness (QED) is 0.550. The van der Waals surface area contributed by atoms with Gasteiger partial charge in [-0.05, 0) is 38.5 Å². The first-order valence-corrected chi connectivity index (χ1v) is 7.29. The highest BCUT2D eigenvalue weighted by atomic mass is 16.7. The lowest BCUT2D eigenvalue weighted by molar-refractivity contribution is -0.0395. The third-order valence-electron chi connectivity index (χ3n) is 2.98. The summed E-state index contributed by atoms with van der Waals surface area (Å²) in [5.41, 5.74) is -0.361. The first-order chi connectivity index (χ1) is 8.43. The van der Waals surface area contributed by atoms with Gasteiger partial charge in [-0.2, -0.15) is 0 Å². The predicted octanol–water partition coefficient (Wildman–Crippen LogP) is 4.93. The predicted molar refractivity (Wildman–Crippen MR) is 74.7 cm³/mol. The van der Waals surface area contributed by atoms with E-state index >= 15 is 0 Å². The minimum atomic E-state index is -0.515. The van der Waals surface area contributed by atoms with Crippen molar-refractivity contribution < 1.29 is 14.3 Å². The molecule has 0 spiro atoms. The minimum absolute atomic E-state index is 0.343. The van der Waals surface area contributed by atoms with E-state index in [-0.39, 0.29) is 5.60 Å². The van der Waals surface area contributed by atoms with E-state index in [0.717, 1.165) is 38.5 Å². The van der Waals surface area contributed by atoms with Crippen molar-refractivity contribution in [3.05, 3.63) is 0 Å². The van der Waals surface area contributed by atoms with Crippen molar-refractivity contribution >= 4 is 6.16 Å². The molecular formula is C15H30O3. The zero-order chi connectivity index (χ0) is 14.0. The van der Waals surface area contributed by atoms with E-state index in [0.29, 0.717) is 12.5 Å². The Morgan fingerprint density at radius 2 is 1.61 bits per heavy atom. The van der Waals surface area contributed by atoms with Crippen molar-refractivity contribution in [2.75, 3.05) is 6.61 Å². The van der Waals surface area contributed by atoms with Crippen molar-refractivity contribution in [1.82, 2.24) is 0 Å². The molecule has 3 heteroatoms. The molecule has 3 nitrogen and oxygen atoms in total. The Bertz CT molecular complexity index is 216. The Morgan fingerprint density at radius 1 is 1.11 bits per heavy atom. The smallest absolute Gasteiger partial charge is 0.434 e. The number of unbranched alkanes of at least 4 members (excludes halogenated alkanes) is 2. The van der Waals surface area contributed by atoms with E-state index in [9.17, 15) is 4.79 Å². The molecule has 0 atom stereocenters. The lowest BCUT2D eigenvalue weighted by Gasteiger charge is -2.29. The minimum Gasteiger partial charge on any atom is -0.434 e. The molecule has 0 N–H and O–H groups in total. The van der Waals surface area contributed by atoms with E-state index in [1.165, 1.54) is 0 Å². The van der Waals surface area contributed by atoms with Crippen LogP contribution in [0.3, 0.4) is 0 Å². The van der Waals surface area contributed by atoms with Crippen LogP contribution in [0.1, 0.15) is 73.1 Å². The van der Waals surface area contributed by atoms with E-state index in [1.54, 1.807) is 0 Å². The first kappa shape index (κ1) is 17.3. The van der Waals surface area contributed by atoms with Gasteiger partial charge in [-0.1, -0.05) is 40.5 Å². The summed E-state index contributed by atoms with van der Waals surface area (Å²) in [6.07, 6.45) is 5.71. The molecule has 0 aliphatic rings. The fourth-order valence-electron chi connectivity index (χ4n) is 1.79. The number of rotatable bonds is 9. The molecule has 0 rings (SSSR count). The van der Waals surface area contributed by atoms with Crippen LogP contribution in [0.15, 0.2) is 0 Å². The number of carbonyl (C=O) groups is 1. The summed E-state index contributed by atoms with van der Waals surface area (Å²) in [7, 11) is 0. The lowest BCUT2D eigenvalue weighted by Crippen LogP contribution is -2.32. The summed E-state index contributed by atoms with van der Waals surface area (Å²) in [4.78, 5) is 11.6. The van der Waals surface area contributed by atoms with E-state index < -0.39 is 6.16 Å². The van der Waals surface area contributed by atoms with Gasteiger partial charge in [0.05, 0.1) is 6.61 Å². The molecule has 0 heterocycles. The summed E-state index contributed by atoms with van der Waals surface area (Å²) in [5, 5.41) is 0. The molecule has 0 fully saturated rings. The third kappa shape index (κ3) is 8.37. The SMILES string of the molecule is CCCCC(C)(CCCC)OC(=O)OCC(C)C. The summed E-state index contributed by atoms with van der Waals surface area (Å²) in [5.74, 6) is 0.343. The molecule has 0 aliphatic carbocycles. The van der Waals surface area contributed by atoms with Crippen molar-refractivity contribution in [3.63, 3.8) is 0 Å². The highest BCUT2D eigenvalue weighted by Crippen LogP contribution is 2.26. The number of ether oxygens (including phenoxy) is 2. The van der Waals surface area contributed by atoms with Crippen molar-refractivity contribution in [2.45, 2.75) is 78.7 Å². The Kier molecular flexibility index (Phi) is 8.86. The van der Waals surface area contributed by atoms with Gasteiger partial charge in [0.15, 0.2) is 0 Å². The average Bonchev–Trinajstić information content (AvgIpc) is 2.31. The van der Waals surface area contributed by atoms with Crippen LogP contribution in [-0.2, 0) is 9.47 Å². The molecule has 0 aromatic heterocycles. The third-order valence-corrected chi connectivity index (χ3v) is 2.98. The van der Waals surface area contributed by atoms with Gasteiger partial charge in [-0.15, -0.1) is 0 Å². The van der Waals surface area contributed by atoms with Crippen LogP contribution in [0, 0.1) is 5.92 Å². The number of carbonyl (C=O) groups excluding carboxylic acids is 1. The standard InChI is InChI=1S/C15H30O3/c1-6-8-10-15(5,11-9-7-2)18-14(16)17-12-13(3)4/h13H,6-12H2,1-5H3. The van der Waals surface area contributed by atoms with Crippen molar-refractivity contribution in [2.24, 2.45) is 5.92 Å². The number of hydrogen-bond donors (Lipinski definition) is 0. The zero-order valence-electron chi connectivity index (χ0n) is 12.8.